The molecule has 8 heteroatoms. The van der Waals surface area contributed by atoms with Crippen LogP contribution in [0, 0.1) is 0 Å². The van der Waals surface area contributed by atoms with Gasteiger partial charge >= 0.3 is 6.09 Å². The van der Waals surface area contributed by atoms with Crippen molar-refractivity contribution < 1.29 is 19.1 Å². The van der Waals surface area contributed by atoms with Crippen molar-refractivity contribution in [3.8, 4) is 0 Å². The normalized spacial score (nSPS) is 10.8. The van der Waals surface area contributed by atoms with E-state index in [4.69, 9.17) is 9.47 Å². The number of hydrogen-bond acceptors (Lipinski definition) is 5. The van der Waals surface area contributed by atoms with Gasteiger partial charge in [0.2, 0.25) is 5.91 Å². The predicted octanol–water partition coefficient (Wildman–Crippen LogP) is 3.99. The Labute approximate surface area is 189 Å². The first-order valence-electron chi connectivity index (χ1n) is 10.4. The molecule has 4 rings (SSSR count). The van der Waals surface area contributed by atoms with Crippen LogP contribution in [0.1, 0.15) is 0 Å². The highest BCUT2D eigenvalue weighted by Crippen LogP contribution is 2.20. The number of carbonyl (C=O) groups excluding carboxylic acids is 2. The molecule has 0 atom stereocenters. The number of methoxy groups -OCH3 is 1. The smallest absolute Gasteiger partial charge is 0.411 e. The zero-order valence-corrected chi connectivity index (χ0v) is 18.0. The van der Waals surface area contributed by atoms with Gasteiger partial charge in [0.1, 0.15) is 13.2 Å². The summed E-state index contributed by atoms with van der Waals surface area (Å²) >= 11 is 0. The molecule has 0 radical (unpaired) electrons. The van der Waals surface area contributed by atoms with Crippen molar-refractivity contribution in [1.29, 1.82) is 0 Å². The molecule has 4 aromatic rings. The number of benzene rings is 3. The van der Waals surface area contributed by atoms with Gasteiger partial charge in [0.15, 0.2) is 5.43 Å². The monoisotopic (exact) mass is 445 g/mol. The fourth-order valence-corrected chi connectivity index (χ4v) is 3.64. The second-order valence-corrected chi connectivity index (χ2v) is 7.33. The van der Waals surface area contributed by atoms with Crippen LogP contribution < -0.4 is 16.1 Å². The molecule has 2 amide bonds. The highest BCUT2D eigenvalue weighted by atomic mass is 16.6. The number of pyridine rings is 1. The van der Waals surface area contributed by atoms with E-state index in [2.05, 4.69) is 10.6 Å². The van der Waals surface area contributed by atoms with Gasteiger partial charge in [-0.1, -0.05) is 30.3 Å². The Morgan fingerprint density at radius 1 is 0.818 bits per heavy atom. The van der Waals surface area contributed by atoms with E-state index in [1.54, 1.807) is 36.4 Å². The van der Waals surface area contributed by atoms with Gasteiger partial charge in [0.25, 0.3) is 0 Å². The minimum absolute atomic E-state index is 0.0119. The molecule has 33 heavy (non-hydrogen) atoms. The maximum Gasteiger partial charge on any atom is 0.411 e. The number of rotatable bonds is 7. The lowest BCUT2D eigenvalue weighted by atomic mass is 10.1. The molecular weight excluding hydrogens is 422 g/mol. The first-order chi connectivity index (χ1) is 16.1. The fraction of sp³-hybridized carbons (Fsp3) is 0.160. The van der Waals surface area contributed by atoms with E-state index < -0.39 is 6.09 Å². The molecule has 0 bridgehead atoms. The molecule has 168 valence electrons. The molecule has 1 aromatic heterocycles. The van der Waals surface area contributed by atoms with Crippen LogP contribution in [0.4, 0.5) is 16.2 Å². The molecule has 3 aromatic carbocycles. The number of aromatic nitrogens is 1. The third-order valence-electron chi connectivity index (χ3n) is 5.09. The van der Waals surface area contributed by atoms with Gasteiger partial charge in [0.05, 0.1) is 17.6 Å². The fourth-order valence-electron chi connectivity index (χ4n) is 3.64. The minimum atomic E-state index is -0.610. The van der Waals surface area contributed by atoms with Crippen LogP contribution in [0.5, 0.6) is 0 Å². The molecule has 2 N–H and O–H groups in total. The lowest BCUT2D eigenvalue weighted by Crippen LogP contribution is -2.21. The van der Waals surface area contributed by atoms with Crippen molar-refractivity contribution >= 4 is 45.2 Å². The molecule has 1 heterocycles. The SMILES string of the molecule is COCCOC(=O)Nc1cccc(NC(=O)Cn2c3ccccc3c(=O)c3ccccc32)c1. The van der Waals surface area contributed by atoms with E-state index >= 15 is 0 Å². The summed E-state index contributed by atoms with van der Waals surface area (Å²) in [6.07, 6.45) is -0.610. The highest BCUT2D eigenvalue weighted by Gasteiger charge is 2.13. The van der Waals surface area contributed by atoms with E-state index in [9.17, 15) is 14.4 Å². The van der Waals surface area contributed by atoms with Crippen molar-refractivity contribution in [3.05, 3.63) is 83.0 Å². The van der Waals surface area contributed by atoms with Crippen LogP contribution in [0.2, 0.25) is 0 Å². The topological polar surface area (TPSA) is 98.7 Å². The van der Waals surface area contributed by atoms with Crippen LogP contribution in [-0.4, -0.2) is 36.9 Å². The molecule has 0 aliphatic heterocycles. The molecular formula is C25H23N3O5. The summed E-state index contributed by atoms with van der Waals surface area (Å²) in [7, 11) is 1.52. The van der Waals surface area contributed by atoms with Gasteiger partial charge in [-0.2, -0.15) is 0 Å². The second-order valence-electron chi connectivity index (χ2n) is 7.33. The number of amides is 2. The van der Waals surface area contributed by atoms with E-state index in [1.165, 1.54) is 7.11 Å². The summed E-state index contributed by atoms with van der Waals surface area (Å²) in [5, 5.41) is 6.58. The van der Waals surface area contributed by atoms with Crippen LogP contribution in [-0.2, 0) is 20.8 Å². The number of ether oxygens (including phenoxy) is 2. The van der Waals surface area contributed by atoms with Crippen LogP contribution in [0.15, 0.2) is 77.6 Å². The molecule has 8 nitrogen and oxygen atoms in total. The molecule has 0 aliphatic carbocycles. The summed E-state index contributed by atoms with van der Waals surface area (Å²) in [6.45, 7) is 0.454. The van der Waals surface area contributed by atoms with Crippen molar-refractivity contribution in [2.24, 2.45) is 0 Å². The molecule has 0 spiro atoms. The molecule has 0 aliphatic rings. The Morgan fingerprint density at radius 3 is 2.06 bits per heavy atom. The number of fused-ring (bicyclic) bond motifs is 2. The summed E-state index contributed by atoms with van der Waals surface area (Å²) in [5.74, 6) is -0.270. The van der Waals surface area contributed by atoms with Gasteiger partial charge in [-0.15, -0.1) is 0 Å². The maximum atomic E-state index is 12.9. The first-order valence-corrected chi connectivity index (χ1v) is 10.4. The Morgan fingerprint density at radius 2 is 1.42 bits per heavy atom. The van der Waals surface area contributed by atoms with Gasteiger partial charge in [-0.05, 0) is 42.5 Å². The zero-order chi connectivity index (χ0) is 23.2. The largest absolute Gasteiger partial charge is 0.447 e. The Hall–Kier alpha value is -4.17. The average molecular weight is 445 g/mol. The summed E-state index contributed by atoms with van der Waals surface area (Å²) in [6, 6.07) is 21.2. The molecule has 0 saturated carbocycles. The summed E-state index contributed by atoms with van der Waals surface area (Å²) in [5.41, 5.74) is 2.31. The van der Waals surface area contributed by atoms with Gasteiger partial charge in [-0.3, -0.25) is 14.9 Å². The zero-order valence-electron chi connectivity index (χ0n) is 18.0. The number of nitrogens with one attached hydrogen (secondary N) is 2. The van der Waals surface area contributed by atoms with Gasteiger partial charge < -0.3 is 19.4 Å². The number of carbonyl (C=O) groups is 2. The van der Waals surface area contributed by atoms with Gasteiger partial charge in [-0.25, -0.2) is 4.79 Å². The van der Waals surface area contributed by atoms with Crippen molar-refractivity contribution in [1.82, 2.24) is 4.57 Å². The highest BCUT2D eigenvalue weighted by molar-refractivity contribution is 5.97. The third kappa shape index (κ3) is 5.02. The van der Waals surface area contributed by atoms with Crippen molar-refractivity contribution in [2.45, 2.75) is 6.54 Å². The summed E-state index contributed by atoms with van der Waals surface area (Å²) in [4.78, 5) is 37.6. The Kier molecular flexibility index (Phi) is 6.66. The summed E-state index contributed by atoms with van der Waals surface area (Å²) < 4.78 is 11.7. The maximum absolute atomic E-state index is 12.9. The van der Waals surface area contributed by atoms with Crippen LogP contribution in [0.25, 0.3) is 21.8 Å². The number of para-hydroxylation sites is 2. The second kappa shape index (κ2) is 9.97. The molecule has 0 saturated heterocycles. The van der Waals surface area contributed by atoms with Crippen LogP contribution in [0.3, 0.4) is 0 Å². The minimum Gasteiger partial charge on any atom is -0.447 e. The average Bonchev–Trinajstić information content (AvgIpc) is 2.82. The van der Waals surface area contributed by atoms with E-state index in [0.29, 0.717) is 39.8 Å². The first kappa shape index (κ1) is 22.0. The van der Waals surface area contributed by atoms with Crippen LogP contribution >= 0.6 is 0 Å². The third-order valence-corrected chi connectivity index (χ3v) is 5.09. The van der Waals surface area contributed by atoms with E-state index in [0.717, 1.165) is 0 Å². The van der Waals surface area contributed by atoms with E-state index in [-0.39, 0.29) is 24.5 Å². The number of anilines is 2. The van der Waals surface area contributed by atoms with Crippen molar-refractivity contribution in [3.63, 3.8) is 0 Å². The van der Waals surface area contributed by atoms with Crippen molar-refractivity contribution in [2.75, 3.05) is 31.0 Å². The Bertz CT molecular complexity index is 1320. The predicted molar refractivity (Wildman–Crippen MR) is 128 cm³/mol. The van der Waals surface area contributed by atoms with Gasteiger partial charge in [0, 0.05) is 29.3 Å². The Balaban J connectivity index is 1.55. The number of nitrogens with zero attached hydrogens (tertiary/aromatic N) is 1. The number of hydrogen-bond donors (Lipinski definition) is 2. The molecule has 0 fully saturated rings. The van der Waals surface area contributed by atoms with E-state index in [1.807, 2.05) is 41.0 Å². The lowest BCUT2D eigenvalue weighted by Gasteiger charge is -2.15. The molecule has 0 unspecified atom stereocenters. The quantitative estimate of drug-likeness (QED) is 0.331. The lowest BCUT2D eigenvalue weighted by molar-refractivity contribution is -0.116. The standard InChI is InChI=1S/C25H23N3O5/c1-32-13-14-33-25(31)27-18-8-6-7-17(15-18)26-23(29)16-28-21-11-4-2-9-19(21)24(30)20-10-3-5-12-22(20)28/h2-12,15H,13-14,16H2,1H3,(H,26,29)(H,27,31).